The summed E-state index contributed by atoms with van der Waals surface area (Å²) in [5.41, 5.74) is 5.50. The molecule has 0 unspecified atom stereocenters. The Morgan fingerprint density at radius 3 is 2.64 bits per heavy atom. The zero-order chi connectivity index (χ0) is 10.6. The lowest BCUT2D eigenvalue weighted by atomic mass is 10.1. The Hall–Kier alpha value is -0.770. The maximum atomic E-state index is 8.50. The maximum absolute atomic E-state index is 8.50. The number of hydrogen-bond donors (Lipinski definition) is 2. The molecular weight excluding hydrogens is 178 g/mol. The van der Waals surface area contributed by atoms with E-state index in [1.807, 2.05) is 0 Å². The standard InChI is InChI=1S/C10H21N3O/c1-8(2)5-6-13(9-3-4-9)7-10(11)12-14/h8-9,14H,3-7H2,1-2H3,(H2,11,12). The van der Waals surface area contributed by atoms with Gasteiger partial charge in [0.25, 0.3) is 0 Å². The maximum Gasteiger partial charge on any atom is 0.153 e. The zero-order valence-electron chi connectivity index (χ0n) is 9.11. The molecule has 1 rings (SSSR count). The molecule has 0 radical (unpaired) electrons. The second kappa shape index (κ2) is 5.20. The number of oxime groups is 1. The van der Waals surface area contributed by atoms with Gasteiger partial charge in [0, 0.05) is 6.04 Å². The highest BCUT2D eigenvalue weighted by Gasteiger charge is 2.29. The molecular formula is C10H21N3O. The number of hydrogen-bond acceptors (Lipinski definition) is 3. The molecule has 1 fully saturated rings. The summed E-state index contributed by atoms with van der Waals surface area (Å²) in [5.74, 6) is 1.03. The van der Waals surface area contributed by atoms with E-state index in [2.05, 4.69) is 23.9 Å². The van der Waals surface area contributed by atoms with E-state index in [1.165, 1.54) is 19.3 Å². The van der Waals surface area contributed by atoms with Crippen molar-refractivity contribution in [2.45, 2.75) is 39.2 Å². The predicted molar refractivity (Wildman–Crippen MR) is 57.5 cm³/mol. The SMILES string of the molecule is CC(C)CCN(CC(N)=NO)C1CC1. The van der Waals surface area contributed by atoms with Gasteiger partial charge in [0.2, 0.25) is 0 Å². The molecule has 0 aromatic heterocycles. The number of nitrogens with zero attached hydrogens (tertiary/aromatic N) is 2. The molecule has 0 spiro atoms. The molecule has 0 saturated heterocycles. The summed E-state index contributed by atoms with van der Waals surface area (Å²) in [6, 6.07) is 0.675. The van der Waals surface area contributed by atoms with Crippen molar-refractivity contribution in [2.24, 2.45) is 16.8 Å². The third-order valence-electron chi connectivity index (χ3n) is 2.55. The Kier molecular flexibility index (Phi) is 4.20. The van der Waals surface area contributed by atoms with Crippen molar-refractivity contribution in [3.63, 3.8) is 0 Å². The fourth-order valence-corrected chi connectivity index (χ4v) is 1.49. The van der Waals surface area contributed by atoms with Gasteiger partial charge in [-0.05, 0) is 31.7 Å². The average Bonchev–Trinajstić information content (AvgIpc) is 2.94. The zero-order valence-corrected chi connectivity index (χ0v) is 9.11. The third kappa shape index (κ3) is 3.96. The summed E-state index contributed by atoms with van der Waals surface area (Å²) < 4.78 is 0. The molecule has 1 aliphatic rings. The van der Waals surface area contributed by atoms with Crippen LogP contribution in [0.3, 0.4) is 0 Å². The van der Waals surface area contributed by atoms with Gasteiger partial charge in [-0.25, -0.2) is 0 Å². The van der Waals surface area contributed by atoms with Gasteiger partial charge in [0.1, 0.15) is 0 Å². The topological polar surface area (TPSA) is 61.8 Å². The Labute approximate surface area is 85.8 Å². The highest BCUT2D eigenvalue weighted by atomic mass is 16.4. The molecule has 1 saturated carbocycles. The van der Waals surface area contributed by atoms with Crippen molar-refractivity contribution in [2.75, 3.05) is 13.1 Å². The van der Waals surface area contributed by atoms with Crippen LogP contribution in [0.15, 0.2) is 5.16 Å². The fraction of sp³-hybridized carbons (Fsp3) is 0.900. The summed E-state index contributed by atoms with van der Waals surface area (Å²) in [7, 11) is 0. The highest BCUT2D eigenvalue weighted by molar-refractivity contribution is 5.81. The lowest BCUT2D eigenvalue weighted by molar-refractivity contribution is 0.270. The van der Waals surface area contributed by atoms with Crippen LogP contribution in [0.1, 0.15) is 33.1 Å². The van der Waals surface area contributed by atoms with Crippen molar-refractivity contribution in [1.29, 1.82) is 0 Å². The van der Waals surface area contributed by atoms with Crippen molar-refractivity contribution in [3.8, 4) is 0 Å². The van der Waals surface area contributed by atoms with Crippen molar-refractivity contribution >= 4 is 5.84 Å². The molecule has 0 atom stereocenters. The minimum Gasteiger partial charge on any atom is -0.409 e. The van der Waals surface area contributed by atoms with Gasteiger partial charge in [0.15, 0.2) is 5.84 Å². The van der Waals surface area contributed by atoms with Crippen molar-refractivity contribution < 1.29 is 5.21 Å². The predicted octanol–water partition coefficient (Wildman–Crippen LogP) is 1.24. The third-order valence-corrected chi connectivity index (χ3v) is 2.55. The van der Waals surface area contributed by atoms with Crippen LogP contribution in [0.5, 0.6) is 0 Å². The normalized spacial score (nSPS) is 18.1. The number of nitrogens with two attached hydrogens (primary N) is 1. The smallest absolute Gasteiger partial charge is 0.153 e. The van der Waals surface area contributed by atoms with Gasteiger partial charge in [-0.15, -0.1) is 0 Å². The van der Waals surface area contributed by atoms with E-state index in [0.29, 0.717) is 24.3 Å². The average molecular weight is 199 g/mol. The number of amidine groups is 1. The largest absolute Gasteiger partial charge is 0.409 e. The first-order valence-electron chi connectivity index (χ1n) is 5.34. The van der Waals surface area contributed by atoms with Crippen molar-refractivity contribution in [1.82, 2.24) is 4.90 Å². The molecule has 4 heteroatoms. The summed E-state index contributed by atoms with van der Waals surface area (Å²) in [6.45, 7) is 6.09. The molecule has 3 N–H and O–H groups in total. The first-order valence-corrected chi connectivity index (χ1v) is 5.34. The molecule has 0 heterocycles. The van der Waals surface area contributed by atoms with Crippen LogP contribution in [-0.4, -0.2) is 35.1 Å². The lowest BCUT2D eigenvalue weighted by Gasteiger charge is -2.21. The van der Waals surface area contributed by atoms with Gasteiger partial charge in [-0.1, -0.05) is 19.0 Å². The molecule has 14 heavy (non-hydrogen) atoms. The minimum atomic E-state index is 0.320. The van der Waals surface area contributed by atoms with Crippen LogP contribution in [0, 0.1) is 5.92 Å². The minimum absolute atomic E-state index is 0.320. The van der Waals surface area contributed by atoms with Gasteiger partial charge in [0.05, 0.1) is 6.54 Å². The molecule has 82 valence electrons. The second-order valence-electron chi connectivity index (χ2n) is 4.48. The Balaban J connectivity index is 2.31. The summed E-state index contributed by atoms with van der Waals surface area (Å²) in [5, 5.41) is 11.5. The van der Waals surface area contributed by atoms with Crippen LogP contribution in [-0.2, 0) is 0 Å². The Morgan fingerprint density at radius 2 is 2.21 bits per heavy atom. The molecule has 0 aromatic carbocycles. The van der Waals surface area contributed by atoms with Gasteiger partial charge < -0.3 is 10.9 Å². The van der Waals surface area contributed by atoms with E-state index >= 15 is 0 Å². The van der Waals surface area contributed by atoms with E-state index in [0.717, 1.165) is 6.54 Å². The highest BCUT2D eigenvalue weighted by Crippen LogP contribution is 2.26. The van der Waals surface area contributed by atoms with Gasteiger partial charge in [-0.2, -0.15) is 0 Å². The van der Waals surface area contributed by atoms with Crippen LogP contribution in [0.2, 0.25) is 0 Å². The first-order chi connectivity index (χ1) is 6.63. The lowest BCUT2D eigenvalue weighted by Crippen LogP contribution is -2.36. The van der Waals surface area contributed by atoms with E-state index in [-0.39, 0.29) is 0 Å². The molecule has 0 bridgehead atoms. The van der Waals surface area contributed by atoms with Crippen LogP contribution in [0.25, 0.3) is 0 Å². The summed E-state index contributed by atoms with van der Waals surface area (Å²) in [4.78, 5) is 2.31. The van der Waals surface area contributed by atoms with E-state index in [9.17, 15) is 0 Å². The molecule has 0 amide bonds. The second-order valence-corrected chi connectivity index (χ2v) is 4.48. The van der Waals surface area contributed by atoms with Gasteiger partial charge >= 0.3 is 0 Å². The van der Waals surface area contributed by atoms with Gasteiger partial charge in [-0.3, -0.25) is 4.90 Å². The van der Waals surface area contributed by atoms with E-state index in [4.69, 9.17) is 10.9 Å². The van der Waals surface area contributed by atoms with Crippen LogP contribution in [0.4, 0.5) is 0 Å². The van der Waals surface area contributed by atoms with E-state index in [1.54, 1.807) is 0 Å². The quantitative estimate of drug-likeness (QED) is 0.293. The Bertz CT molecular complexity index is 200. The number of rotatable bonds is 6. The molecule has 0 aliphatic heterocycles. The molecule has 4 nitrogen and oxygen atoms in total. The summed E-state index contributed by atoms with van der Waals surface area (Å²) >= 11 is 0. The van der Waals surface area contributed by atoms with Crippen LogP contribution < -0.4 is 5.73 Å². The van der Waals surface area contributed by atoms with Crippen molar-refractivity contribution in [3.05, 3.63) is 0 Å². The fourth-order valence-electron chi connectivity index (χ4n) is 1.49. The molecule has 0 aromatic rings. The molecule has 1 aliphatic carbocycles. The monoisotopic (exact) mass is 199 g/mol. The van der Waals surface area contributed by atoms with E-state index < -0.39 is 0 Å². The Morgan fingerprint density at radius 1 is 1.57 bits per heavy atom. The summed E-state index contributed by atoms with van der Waals surface area (Å²) in [6.07, 6.45) is 3.70. The van der Waals surface area contributed by atoms with Crippen LogP contribution >= 0.6 is 0 Å². The first kappa shape index (κ1) is 11.3.